The molecule has 0 aliphatic heterocycles. The molecule has 90 valence electrons. The number of benzene rings is 1. The summed E-state index contributed by atoms with van der Waals surface area (Å²) in [4.78, 5) is 6.56. The second-order valence-corrected chi connectivity index (χ2v) is 5.38. The van der Waals surface area contributed by atoms with Crippen LogP contribution in [0.5, 0.6) is 5.88 Å². The molecule has 0 fully saturated rings. The number of hydrogen-bond acceptors (Lipinski definition) is 3. The first-order valence-corrected chi connectivity index (χ1v) is 6.57. The first-order valence-electron chi connectivity index (χ1n) is 5.49. The SMILES string of the molecule is CN(C)CCOc1ccc2cc(I)ccc2n1. The molecule has 0 N–H and O–H groups in total. The van der Waals surface area contributed by atoms with E-state index in [4.69, 9.17) is 4.74 Å². The standard InChI is InChI=1S/C13H15IN2O/c1-16(2)7-8-17-13-6-3-10-9-11(14)4-5-12(10)15-13/h3-6,9H,7-8H2,1-2H3. The number of ether oxygens (including phenoxy) is 1. The van der Waals surface area contributed by atoms with Crippen LogP contribution < -0.4 is 4.74 Å². The molecule has 0 radical (unpaired) electrons. The van der Waals surface area contributed by atoms with Crippen LogP contribution in [0.3, 0.4) is 0 Å². The minimum absolute atomic E-state index is 0.663. The molecular formula is C13H15IN2O. The molecule has 0 amide bonds. The Balaban J connectivity index is 2.12. The number of likely N-dealkylation sites (N-methyl/N-ethyl adjacent to an activating group) is 1. The fraction of sp³-hybridized carbons (Fsp3) is 0.308. The van der Waals surface area contributed by atoms with Crippen LogP contribution >= 0.6 is 22.6 Å². The molecule has 17 heavy (non-hydrogen) atoms. The van der Waals surface area contributed by atoms with Gasteiger partial charge in [-0.15, -0.1) is 0 Å². The van der Waals surface area contributed by atoms with Crippen molar-refractivity contribution in [2.45, 2.75) is 0 Å². The van der Waals surface area contributed by atoms with Gasteiger partial charge in [0.25, 0.3) is 0 Å². The van der Waals surface area contributed by atoms with Gasteiger partial charge in [0.05, 0.1) is 5.52 Å². The van der Waals surface area contributed by atoms with Crippen molar-refractivity contribution in [3.8, 4) is 5.88 Å². The minimum Gasteiger partial charge on any atom is -0.476 e. The molecule has 0 unspecified atom stereocenters. The predicted octanol–water partition coefficient (Wildman–Crippen LogP) is 2.78. The molecule has 0 bridgehead atoms. The van der Waals surface area contributed by atoms with E-state index < -0.39 is 0 Å². The number of halogens is 1. The van der Waals surface area contributed by atoms with Gasteiger partial charge in [-0.3, -0.25) is 0 Å². The molecule has 2 rings (SSSR count). The normalized spacial score (nSPS) is 11.1. The van der Waals surface area contributed by atoms with Crippen LogP contribution in [0.1, 0.15) is 0 Å². The minimum atomic E-state index is 0.663. The molecule has 1 aromatic heterocycles. The lowest BCUT2D eigenvalue weighted by Gasteiger charge is -2.10. The number of aromatic nitrogens is 1. The van der Waals surface area contributed by atoms with Crippen LogP contribution in [-0.4, -0.2) is 37.1 Å². The van der Waals surface area contributed by atoms with Gasteiger partial charge in [0.15, 0.2) is 0 Å². The Kier molecular flexibility index (Phi) is 4.17. The summed E-state index contributed by atoms with van der Waals surface area (Å²) in [6, 6.07) is 10.2. The molecule has 0 spiro atoms. The van der Waals surface area contributed by atoms with Crippen LogP contribution in [0, 0.1) is 3.57 Å². The maximum atomic E-state index is 5.60. The van der Waals surface area contributed by atoms with Crippen molar-refractivity contribution in [3.63, 3.8) is 0 Å². The molecule has 0 saturated heterocycles. The quantitative estimate of drug-likeness (QED) is 0.799. The molecular weight excluding hydrogens is 327 g/mol. The van der Waals surface area contributed by atoms with Crippen molar-refractivity contribution in [2.75, 3.05) is 27.2 Å². The van der Waals surface area contributed by atoms with Gasteiger partial charge in [-0.1, -0.05) is 0 Å². The lowest BCUT2D eigenvalue weighted by Crippen LogP contribution is -2.19. The van der Waals surface area contributed by atoms with E-state index >= 15 is 0 Å². The van der Waals surface area contributed by atoms with Gasteiger partial charge in [0.1, 0.15) is 6.61 Å². The van der Waals surface area contributed by atoms with Crippen LogP contribution in [0.15, 0.2) is 30.3 Å². The summed E-state index contributed by atoms with van der Waals surface area (Å²) >= 11 is 2.30. The highest BCUT2D eigenvalue weighted by Crippen LogP contribution is 2.18. The molecule has 2 aromatic rings. The molecule has 0 atom stereocenters. The third kappa shape index (κ3) is 3.54. The number of rotatable bonds is 4. The summed E-state index contributed by atoms with van der Waals surface area (Å²) in [5.74, 6) is 0.695. The second kappa shape index (κ2) is 5.64. The third-order valence-electron chi connectivity index (χ3n) is 2.41. The van der Waals surface area contributed by atoms with Crippen molar-refractivity contribution < 1.29 is 4.74 Å². The molecule has 0 aliphatic carbocycles. The van der Waals surface area contributed by atoms with Crippen molar-refractivity contribution in [1.82, 2.24) is 9.88 Å². The fourth-order valence-electron chi connectivity index (χ4n) is 1.49. The lowest BCUT2D eigenvalue weighted by atomic mass is 10.2. The zero-order valence-corrected chi connectivity index (χ0v) is 12.1. The summed E-state index contributed by atoms with van der Waals surface area (Å²) in [6.45, 7) is 1.56. The third-order valence-corrected chi connectivity index (χ3v) is 3.09. The van der Waals surface area contributed by atoms with E-state index in [0.717, 1.165) is 17.4 Å². The Morgan fingerprint density at radius 3 is 2.82 bits per heavy atom. The molecule has 0 saturated carbocycles. The van der Waals surface area contributed by atoms with E-state index in [9.17, 15) is 0 Å². The zero-order valence-electron chi connectivity index (χ0n) is 9.98. The smallest absolute Gasteiger partial charge is 0.213 e. The number of fused-ring (bicyclic) bond motifs is 1. The summed E-state index contributed by atoms with van der Waals surface area (Å²) in [5, 5.41) is 1.15. The van der Waals surface area contributed by atoms with Gasteiger partial charge >= 0.3 is 0 Å². The highest BCUT2D eigenvalue weighted by molar-refractivity contribution is 14.1. The Bertz CT molecular complexity index is 514. The Morgan fingerprint density at radius 2 is 2.06 bits per heavy atom. The van der Waals surface area contributed by atoms with E-state index in [1.165, 1.54) is 3.57 Å². The van der Waals surface area contributed by atoms with E-state index in [1.807, 2.05) is 26.2 Å². The van der Waals surface area contributed by atoms with E-state index in [1.54, 1.807) is 0 Å². The first-order chi connectivity index (χ1) is 8.15. The molecule has 0 aliphatic rings. The molecule has 1 aromatic carbocycles. The van der Waals surface area contributed by atoms with E-state index in [0.29, 0.717) is 12.5 Å². The van der Waals surface area contributed by atoms with Crippen LogP contribution in [-0.2, 0) is 0 Å². The van der Waals surface area contributed by atoms with Crippen LogP contribution in [0.25, 0.3) is 10.9 Å². The van der Waals surface area contributed by atoms with E-state index in [-0.39, 0.29) is 0 Å². The average Bonchev–Trinajstić information content (AvgIpc) is 2.29. The van der Waals surface area contributed by atoms with Gasteiger partial charge in [0.2, 0.25) is 5.88 Å². The molecule has 4 heteroatoms. The number of nitrogens with zero attached hydrogens (tertiary/aromatic N) is 2. The Labute approximate surface area is 115 Å². The first kappa shape index (κ1) is 12.6. The fourth-order valence-corrected chi connectivity index (χ4v) is 2.01. The Hall–Kier alpha value is -0.880. The summed E-state index contributed by atoms with van der Waals surface area (Å²) in [6.07, 6.45) is 0. The average molecular weight is 342 g/mol. The van der Waals surface area contributed by atoms with Crippen LogP contribution in [0.4, 0.5) is 0 Å². The van der Waals surface area contributed by atoms with Gasteiger partial charge < -0.3 is 9.64 Å². The highest BCUT2D eigenvalue weighted by Gasteiger charge is 2.00. The van der Waals surface area contributed by atoms with Crippen molar-refractivity contribution in [3.05, 3.63) is 33.9 Å². The van der Waals surface area contributed by atoms with Gasteiger partial charge in [-0.25, -0.2) is 4.98 Å². The van der Waals surface area contributed by atoms with Gasteiger partial charge in [-0.05, 0) is 61.0 Å². The zero-order chi connectivity index (χ0) is 12.3. The van der Waals surface area contributed by atoms with Crippen molar-refractivity contribution >= 4 is 33.5 Å². The highest BCUT2D eigenvalue weighted by atomic mass is 127. The summed E-state index contributed by atoms with van der Waals surface area (Å²) in [5.41, 5.74) is 0.979. The maximum absolute atomic E-state index is 5.60. The summed E-state index contributed by atoms with van der Waals surface area (Å²) < 4.78 is 6.82. The topological polar surface area (TPSA) is 25.4 Å². The molecule has 3 nitrogen and oxygen atoms in total. The van der Waals surface area contributed by atoms with E-state index in [2.05, 4.69) is 50.7 Å². The Morgan fingerprint density at radius 1 is 1.24 bits per heavy atom. The lowest BCUT2D eigenvalue weighted by molar-refractivity contribution is 0.254. The number of hydrogen-bond donors (Lipinski definition) is 0. The van der Waals surface area contributed by atoms with Crippen LogP contribution in [0.2, 0.25) is 0 Å². The van der Waals surface area contributed by atoms with Crippen molar-refractivity contribution in [1.29, 1.82) is 0 Å². The second-order valence-electron chi connectivity index (χ2n) is 4.14. The predicted molar refractivity (Wildman–Crippen MR) is 78.5 cm³/mol. The number of pyridine rings is 1. The summed E-state index contributed by atoms with van der Waals surface area (Å²) in [7, 11) is 4.05. The van der Waals surface area contributed by atoms with Gasteiger partial charge in [0, 0.05) is 21.6 Å². The van der Waals surface area contributed by atoms with Gasteiger partial charge in [-0.2, -0.15) is 0 Å². The largest absolute Gasteiger partial charge is 0.476 e. The monoisotopic (exact) mass is 342 g/mol. The van der Waals surface area contributed by atoms with Crippen molar-refractivity contribution in [2.24, 2.45) is 0 Å². The maximum Gasteiger partial charge on any atom is 0.213 e. The molecule has 1 heterocycles.